The van der Waals surface area contributed by atoms with Crippen molar-refractivity contribution < 1.29 is 13.9 Å². The second-order valence-electron chi connectivity index (χ2n) is 7.42. The van der Waals surface area contributed by atoms with Crippen molar-refractivity contribution in [2.24, 2.45) is 0 Å². The fourth-order valence-corrected chi connectivity index (χ4v) is 4.28. The summed E-state index contributed by atoms with van der Waals surface area (Å²) in [6, 6.07) is 14.9. The number of hydrogen-bond donors (Lipinski definition) is 0. The predicted molar refractivity (Wildman–Crippen MR) is 110 cm³/mol. The minimum absolute atomic E-state index is 0.268. The molecule has 0 radical (unpaired) electrons. The molecule has 2 heterocycles. The lowest BCUT2D eigenvalue weighted by Crippen LogP contribution is -2.11. The molecule has 146 valence electrons. The van der Waals surface area contributed by atoms with Crippen LogP contribution in [0, 0.1) is 0 Å². The van der Waals surface area contributed by atoms with Gasteiger partial charge in [0.25, 0.3) is 0 Å². The van der Waals surface area contributed by atoms with Gasteiger partial charge in [0, 0.05) is 11.4 Å². The van der Waals surface area contributed by atoms with Gasteiger partial charge < -0.3 is 13.7 Å². The van der Waals surface area contributed by atoms with E-state index in [1.165, 1.54) is 7.11 Å². The molecule has 1 saturated carbocycles. The molecule has 2 aromatic heterocycles. The Balaban J connectivity index is 1.78. The summed E-state index contributed by atoms with van der Waals surface area (Å²) in [7, 11) is 1.36. The summed E-state index contributed by atoms with van der Waals surface area (Å²) in [4.78, 5) is 29.5. The number of nitrogens with zero attached hydrogens (tertiary/aromatic N) is 2. The number of aromatic nitrogens is 2. The average molecular weight is 388 g/mol. The summed E-state index contributed by atoms with van der Waals surface area (Å²) in [5.74, 6) is 0.183. The van der Waals surface area contributed by atoms with Crippen LogP contribution in [0.3, 0.4) is 0 Å². The molecule has 0 spiro atoms. The van der Waals surface area contributed by atoms with Gasteiger partial charge in [0.1, 0.15) is 17.0 Å². The van der Waals surface area contributed by atoms with Gasteiger partial charge in [-0.1, -0.05) is 31.0 Å². The quantitative estimate of drug-likeness (QED) is 0.375. The van der Waals surface area contributed by atoms with Gasteiger partial charge in [-0.3, -0.25) is 0 Å². The predicted octanol–water partition coefficient (Wildman–Crippen LogP) is 4.71. The summed E-state index contributed by atoms with van der Waals surface area (Å²) >= 11 is 0. The van der Waals surface area contributed by atoms with Gasteiger partial charge in [-0.05, 0) is 43.2 Å². The molecule has 1 fully saturated rings. The SMILES string of the molecule is COC(=O)c1ccc2c(c1)nc(-c1cc3ccccc3oc1=O)n2C1CCCC1. The number of hydrogen-bond acceptors (Lipinski definition) is 5. The first-order chi connectivity index (χ1) is 14.2. The Morgan fingerprint density at radius 3 is 2.72 bits per heavy atom. The Labute approximate surface area is 166 Å². The standard InChI is InChI=1S/C23H20N2O4/c1-28-22(26)15-10-11-19-18(13-15)24-21(25(19)16-7-3-4-8-16)17-12-14-6-2-5-9-20(14)29-23(17)27/h2,5-6,9-13,16H,3-4,7-8H2,1H3. The van der Waals surface area contributed by atoms with E-state index in [1.54, 1.807) is 18.2 Å². The van der Waals surface area contributed by atoms with Gasteiger partial charge in [0.2, 0.25) is 0 Å². The maximum absolute atomic E-state index is 12.8. The molecule has 6 nitrogen and oxygen atoms in total. The summed E-state index contributed by atoms with van der Waals surface area (Å²) in [5, 5.41) is 0.849. The van der Waals surface area contributed by atoms with Crippen molar-refractivity contribution in [2.45, 2.75) is 31.7 Å². The maximum atomic E-state index is 12.8. The summed E-state index contributed by atoms with van der Waals surface area (Å²) in [6.07, 6.45) is 4.37. The van der Waals surface area contributed by atoms with Crippen LogP contribution in [0.2, 0.25) is 0 Å². The largest absolute Gasteiger partial charge is 0.465 e. The van der Waals surface area contributed by atoms with Crippen LogP contribution in [0.25, 0.3) is 33.4 Å². The second kappa shape index (κ2) is 6.88. The third-order valence-electron chi connectivity index (χ3n) is 5.68. The number of benzene rings is 2. The summed E-state index contributed by atoms with van der Waals surface area (Å²) in [6.45, 7) is 0. The van der Waals surface area contributed by atoms with Gasteiger partial charge >= 0.3 is 11.6 Å². The third-order valence-corrected chi connectivity index (χ3v) is 5.68. The van der Waals surface area contributed by atoms with E-state index in [1.807, 2.05) is 30.3 Å². The Morgan fingerprint density at radius 2 is 1.93 bits per heavy atom. The van der Waals surface area contributed by atoms with Crippen LogP contribution >= 0.6 is 0 Å². The number of rotatable bonds is 3. The van der Waals surface area contributed by atoms with Crippen LogP contribution in [0.4, 0.5) is 0 Å². The average Bonchev–Trinajstić information content (AvgIpc) is 3.39. The van der Waals surface area contributed by atoms with Crippen molar-refractivity contribution >= 4 is 28.0 Å². The lowest BCUT2D eigenvalue weighted by Gasteiger charge is -2.16. The Morgan fingerprint density at radius 1 is 1.14 bits per heavy atom. The normalized spacial score (nSPS) is 14.7. The first-order valence-electron chi connectivity index (χ1n) is 9.79. The van der Waals surface area contributed by atoms with Crippen molar-refractivity contribution in [3.63, 3.8) is 0 Å². The minimum atomic E-state index is -0.411. The zero-order valence-electron chi connectivity index (χ0n) is 16.1. The Hall–Kier alpha value is -3.41. The second-order valence-corrected chi connectivity index (χ2v) is 7.42. The number of fused-ring (bicyclic) bond motifs is 2. The van der Waals surface area contributed by atoms with E-state index < -0.39 is 11.6 Å². The highest BCUT2D eigenvalue weighted by Gasteiger charge is 2.25. The molecule has 2 aromatic carbocycles. The number of para-hydroxylation sites is 1. The molecular weight excluding hydrogens is 368 g/mol. The monoisotopic (exact) mass is 388 g/mol. The number of imidazole rings is 1. The van der Waals surface area contributed by atoms with Crippen molar-refractivity contribution in [2.75, 3.05) is 7.11 Å². The van der Waals surface area contributed by atoms with Crippen molar-refractivity contribution in [3.8, 4) is 11.4 Å². The molecule has 0 saturated heterocycles. The van der Waals surface area contributed by atoms with Crippen LogP contribution in [-0.2, 0) is 4.74 Å². The smallest absolute Gasteiger partial charge is 0.347 e. The molecule has 0 bridgehead atoms. The van der Waals surface area contributed by atoms with Crippen LogP contribution in [-0.4, -0.2) is 22.6 Å². The first-order valence-corrected chi connectivity index (χ1v) is 9.79. The molecule has 0 unspecified atom stereocenters. The molecule has 1 aliphatic rings. The molecule has 0 aliphatic heterocycles. The molecule has 1 aliphatic carbocycles. The van der Waals surface area contributed by atoms with Gasteiger partial charge in [-0.25, -0.2) is 14.6 Å². The first kappa shape index (κ1) is 17.7. The van der Waals surface area contributed by atoms with Gasteiger partial charge in [-0.2, -0.15) is 0 Å². The molecule has 4 aromatic rings. The van der Waals surface area contributed by atoms with Crippen LogP contribution in [0.15, 0.2) is 57.7 Å². The van der Waals surface area contributed by atoms with E-state index in [-0.39, 0.29) is 6.04 Å². The summed E-state index contributed by atoms with van der Waals surface area (Å²) in [5.41, 5.74) is 2.60. The molecule has 0 N–H and O–H groups in total. The van der Waals surface area contributed by atoms with E-state index >= 15 is 0 Å². The highest BCUT2D eigenvalue weighted by molar-refractivity contribution is 5.94. The lowest BCUT2D eigenvalue weighted by molar-refractivity contribution is 0.0601. The fourth-order valence-electron chi connectivity index (χ4n) is 4.28. The highest BCUT2D eigenvalue weighted by Crippen LogP contribution is 2.37. The molecule has 0 atom stereocenters. The van der Waals surface area contributed by atoms with E-state index in [2.05, 4.69) is 4.57 Å². The van der Waals surface area contributed by atoms with E-state index in [9.17, 15) is 9.59 Å². The number of ether oxygens (including phenoxy) is 1. The third kappa shape index (κ3) is 2.92. The van der Waals surface area contributed by atoms with E-state index in [0.717, 1.165) is 36.6 Å². The van der Waals surface area contributed by atoms with Gasteiger partial charge in [-0.15, -0.1) is 0 Å². The van der Waals surface area contributed by atoms with E-state index in [4.69, 9.17) is 14.1 Å². The van der Waals surface area contributed by atoms with E-state index in [0.29, 0.717) is 28.1 Å². The molecule has 5 rings (SSSR count). The van der Waals surface area contributed by atoms with Crippen LogP contribution < -0.4 is 5.63 Å². The van der Waals surface area contributed by atoms with Crippen molar-refractivity contribution in [3.05, 3.63) is 64.5 Å². The zero-order valence-corrected chi connectivity index (χ0v) is 16.1. The number of esters is 1. The molecule has 6 heteroatoms. The van der Waals surface area contributed by atoms with Crippen molar-refractivity contribution in [1.29, 1.82) is 0 Å². The van der Waals surface area contributed by atoms with Gasteiger partial charge in [0.15, 0.2) is 0 Å². The van der Waals surface area contributed by atoms with Crippen molar-refractivity contribution in [1.82, 2.24) is 9.55 Å². The number of methoxy groups -OCH3 is 1. The molecular formula is C23H20N2O4. The van der Waals surface area contributed by atoms with Crippen LogP contribution in [0.1, 0.15) is 42.1 Å². The Kier molecular flexibility index (Phi) is 4.19. The van der Waals surface area contributed by atoms with Crippen LogP contribution in [0.5, 0.6) is 0 Å². The molecule has 29 heavy (non-hydrogen) atoms. The fraction of sp³-hybridized carbons (Fsp3) is 0.261. The Bertz CT molecular complexity index is 1300. The maximum Gasteiger partial charge on any atom is 0.347 e. The lowest BCUT2D eigenvalue weighted by atomic mass is 10.1. The molecule has 0 amide bonds. The van der Waals surface area contributed by atoms with Gasteiger partial charge in [0.05, 0.1) is 23.7 Å². The topological polar surface area (TPSA) is 74.3 Å². The number of carbonyl (C=O) groups excluding carboxylic acids is 1. The zero-order chi connectivity index (χ0) is 20.0. The summed E-state index contributed by atoms with van der Waals surface area (Å²) < 4.78 is 12.5. The minimum Gasteiger partial charge on any atom is -0.465 e. The number of carbonyl (C=O) groups is 1. The highest BCUT2D eigenvalue weighted by atomic mass is 16.5.